The molecule has 3 rings (SSSR count). The predicted octanol–water partition coefficient (Wildman–Crippen LogP) is 1.93. The van der Waals surface area contributed by atoms with Gasteiger partial charge < -0.3 is 10.8 Å². The Labute approximate surface area is 171 Å². The van der Waals surface area contributed by atoms with Gasteiger partial charge in [0.1, 0.15) is 11.8 Å². The molecule has 8 nitrogen and oxygen atoms in total. The van der Waals surface area contributed by atoms with Crippen LogP contribution >= 0.6 is 23.2 Å². The van der Waals surface area contributed by atoms with Crippen LogP contribution in [0.1, 0.15) is 5.69 Å². The van der Waals surface area contributed by atoms with E-state index in [2.05, 4.69) is 0 Å². The van der Waals surface area contributed by atoms with E-state index < -0.39 is 20.4 Å². The lowest BCUT2D eigenvalue weighted by Gasteiger charge is -2.26. The van der Waals surface area contributed by atoms with Crippen LogP contribution in [0.2, 0.25) is 0 Å². The molecule has 0 fully saturated rings. The molecule has 1 aliphatic rings. The molecule has 1 aliphatic carbocycles. The Hall–Kier alpha value is -2.04. The molecule has 152 valence electrons. The molecule has 0 spiro atoms. The first-order valence-corrected chi connectivity index (χ1v) is 10.1. The van der Waals surface area contributed by atoms with E-state index in [-0.39, 0.29) is 10.6 Å². The van der Waals surface area contributed by atoms with Crippen molar-refractivity contribution in [3.05, 3.63) is 69.6 Å². The standard InChI is InChI=1S/C11H13N3O.C6H6Cl2O4S/c1-8-10(12)11(15)14(13(8)2)9-6-4-3-5-7-9;7-4-1-2-5(9)6(8,3-4)13(10,11)12/h3-7H,12H2,1-2H3;1-3,5,9H,(H,10,11,12). The fourth-order valence-electron chi connectivity index (χ4n) is 2.45. The number of aliphatic hydroxyl groups excluding tert-OH is 1. The number of anilines is 1. The quantitative estimate of drug-likeness (QED) is 0.476. The molecule has 0 saturated heterocycles. The molecule has 28 heavy (non-hydrogen) atoms. The lowest BCUT2D eigenvalue weighted by Crippen LogP contribution is -2.42. The maximum atomic E-state index is 11.8. The molecule has 0 saturated carbocycles. The van der Waals surface area contributed by atoms with Gasteiger partial charge >= 0.3 is 0 Å². The molecule has 0 aliphatic heterocycles. The van der Waals surface area contributed by atoms with Crippen molar-refractivity contribution in [2.45, 2.75) is 17.2 Å². The SMILES string of the molecule is Cc1c(N)c(=O)n(-c2ccccc2)n1C.O=S(=O)(O)C1(Cl)C=C(Cl)C=CC1O. The summed E-state index contributed by atoms with van der Waals surface area (Å²) in [7, 11) is -2.78. The molecular formula is C17H19Cl2N3O5S. The third-order valence-corrected chi connectivity index (χ3v) is 6.47. The molecule has 1 aromatic heterocycles. The van der Waals surface area contributed by atoms with Gasteiger partial charge in [-0.15, -0.1) is 0 Å². The van der Waals surface area contributed by atoms with E-state index in [9.17, 15) is 18.3 Å². The monoisotopic (exact) mass is 447 g/mol. The zero-order valence-electron chi connectivity index (χ0n) is 15.0. The maximum Gasteiger partial charge on any atom is 0.294 e. The summed E-state index contributed by atoms with van der Waals surface area (Å²) in [6, 6.07) is 9.44. The highest BCUT2D eigenvalue weighted by Crippen LogP contribution is 2.34. The number of nitrogens with zero attached hydrogens (tertiary/aromatic N) is 2. The number of nitrogen functional groups attached to an aromatic ring is 1. The number of rotatable bonds is 2. The maximum absolute atomic E-state index is 11.8. The first-order chi connectivity index (χ1) is 12.9. The van der Waals surface area contributed by atoms with Crippen LogP contribution in [-0.2, 0) is 17.2 Å². The number of benzene rings is 1. The van der Waals surface area contributed by atoms with Crippen LogP contribution < -0.4 is 11.3 Å². The van der Waals surface area contributed by atoms with Gasteiger partial charge in [-0.25, -0.2) is 4.68 Å². The van der Waals surface area contributed by atoms with E-state index in [1.165, 1.54) is 6.08 Å². The molecule has 11 heteroatoms. The van der Waals surface area contributed by atoms with Crippen LogP contribution in [-0.4, -0.2) is 37.8 Å². The second-order valence-corrected chi connectivity index (χ2v) is 8.89. The van der Waals surface area contributed by atoms with E-state index in [1.807, 2.05) is 44.3 Å². The molecular weight excluding hydrogens is 429 g/mol. The first kappa shape index (κ1) is 22.3. The highest BCUT2D eigenvalue weighted by molar-refractivity contribution is 7.89. The van der Waals surface area contributed by atoms with Crippen LogP contribution in [0.5, 0.6) is 0 Å². The van der Waals surface area contributed by atoms with Crippen LogP contribution in [0.3, 0.4) is 0 Å². The molecule has 1 heterocycles. The Morgan fingerprint density at radius 2 is 1.82 bits per heavy atom. The molecule has 2 atom stereocenters. The Kier molecular flexibility index (Phi) is 6.47. The fraction of sp³-hybridized carbons (Fsp3) is 0.235. The number of hydrogen-bond acceptors (Lipinski definition) is 5. The zero-order valence-corrected chi connectivity index (χ0v) is 17.3. The second kappa shape index (κ2) is 8.14. The Bertz CT molecular complexity index is 1090. The van der Waals surface area contributed by atoms with Crippen molar-refractivity contribution in [2.75, 3.05) is 5.73 Å². The van der Waals surface area contributed by atoms with Gasteiger partial charge in [0, 0.05) is 12.1 Å². The number of halogens is 2. The van der Waals surface area contributed by atoms with Crippen molar-refractivity contribution in [3.63, 3.8) is 0 Å². The fourth-order valence-corrected chi connectivity index (χ4v) is 3.67. The van der Waals surface area contributed by atoms with E-state index in [0.29, 0.717) is 5.69 Å². The Morgan fingerprint density at radius 3 is 2.25 bits per heavy atom. The van der Waals surface area contributed by atoms with Crippen LogP contribution in [0.15, 0.2) is 58.4 Å². The number of aliphatic hydroxyl groups is 1. The normalized spacial score (nSPS) is 21.6. The summed E-state index contributed by atoms with van der Waals surface area (Å²) in [5.41, 5.74) is 7.43. The topological polar surface area (TPSA) is 128 Å². The van der Waals surface area contributed by atoms with Gasteiger partial charge in [0.2, 0.25) is 4.21 Å². The minimum Gasteiger partial charge on any atom is -0.393 e. The van der Waals surface area contributed by atoms with Crippen molar-refractivity contribution >= 4 is 39.0 Å². The molecule has 0 radical (unpaired) electrons. The number of aromatic nitrogens is 2. The summed E-state index contributed by atoms with van der Waals surface area (Å²) >= 11 is 11.0. The van der Waals surface area contributed by atoms with Crippen LogP contribution in [0.25, 0.3) is 5.69 Å². The van der Waals surface area contributed by atoms with Gasteiger partial charge in [0.05, 0.1) is 11.4 Å². The number of para-hydroxylation sites is 1. The summed E-state index contributed by atoms with van der Waals surface area (Å²) in [4.78, 5) is 11.8. The molecule has 0 bridgehead atoms. The lowest BCUT2D eigenvalue weighted by atomic mass is 10.1. The van der Waals surface area contributed by atoms with E-state index in [4.69, 9.17) is 33.5 Å². The van der Waals surface area contributed by atoms with Crippen molar-refractivity contribution in [1.29, 1.82) is 0 Å². The summed E-state index contributed by atoms with van der Waals surface area (Å²) in [5, 5.41) is 9.26. The molecule has 4 N–H and O–H groups in total. The molecule has 2 unspecified atom stereocenters. The number of allylic oxidation sites excluding steroid dienone is 2. The van der Waals surface area contributed by atoms with Gasteiger partial charge in [0.15, 0.2) is 0 Å². The van der Waals surface area contributed by atoms with E-state index in [1.54, 1.807) is 9.36 Å². The average Bonchev–Trinajstić information content (AvgIpc) is 2.82. The molecule has 0 amide bonds. The van der Waals surface area contributed by atoms with Crippen LogP contribution in [0.4, 0.5) is 5.69 Å². The molecule has 2 aromatic rings. The lowest BCUT2D eigenvalue weighted by molar-refractivity contribution is 0.210. The Morgan fingerprint density at radius 1 is 1.25 bits per heavy atom. The minimum absolute atomic E-state index is 0.0397. The van der Waals surface area contributed by atoms with E-state index in [0.717, 1.165) is 23.5 Å². The molecule has 1 aromatic carbocycles. The average molecular weight is 448 g/mol. The minimum atomic E-state index is -4.60. The number of alkyl halides is 1. The van der Waals surface area contributed by atoms with Crippen molar-refractivity contribution in [2.24, 2.45) is 7.05 Å². The van der Waals surface area contributed by atoms with Gasteiger partial charge in [0.25, 0.3) is 15.7 Å². The third-order valence-electron chi connectivity index (χ3n) is 4.17. The number of nitrogens with two attached hydrogens (primary N) is 1. The second-order valence-electron chi connectivity index (χ2n) is 5.98. The Balaban J connectivity index is 0.000000203. The summed E-state index contributed by atoms with van der Waals surface area (Å²) in [5.74, 6) is 0. The van der Waals surface area contributed by atoms with Gasteiger partial charge in [-0.05, 0) is 31.2 Å². The largest absolute Gasteiger partial charge is 0.393 e. The summed E-state index contributed by atoms with van der Waals surface area (Å²) < 4.78 is 31.4. The summed E-state index contributed by atoms with van der Waals surface area (Å²) in [6.07, 6.45) is 1.73. The van der Waals surface area contributed by atoms with Crippen molar-refractivity contribution < 1.29 is 18.1 Å². The third kappa shape index (κ3) is 4.18. The first-order valence-electron chi connectivity index (χ1n) is 7.90. The van der Waals surface area contributed by atoms with Crippen molar-refractivity contribution in [1.82, 2.24) is 9.36 Å². The highest BCUT2D eigenvalue weighted by Gasteiger charge is 2.46. The zero-order chi connectivity index (χ0) is 21.3. The van der Waals surface area contributed by atoms with Gasteiger partial charge in [-0.1, -0.05) is 47.5 Å². The van der Waals surface area contributed by atoms with Gasteiger partial charge in [-0.3, -0.25) is 14.0 Å². The van der Waals surface area contributed by atoms with Gasteiger partial charge in [-0.2, -0.15) is 8.42 Å². The van der Waals surface area contributed by atoms with E-state index >= 15 is 0 Å². The van der Waals surface area contributed by atoms with Crippen molar-refractivity contribution in [3.8, 4) is 5.69 Å². The highest BCUT2D eigenvalue weighted by atomic mass is 35.5. The smallest absolute Gasteiger partial charge is 0.294 e. The predicted molar refractivity (Wildman–Crippen MR) is 109 cm³/mol. The van der Waals surface area contributed by atoms with Crippen LogP contribution in [0, 0.1) is 6.92 Å². The number of hydrogen-bond donors (Lipinski definition) is 3. The summed E-state index contributed by atoms with van der Waals surface area (Å²) in [6.45, 7) is 1.83.